The highest BCUT2D eigenvalue weighted by Crippen LogP contribution is 2.36. The van der Waals surface area contributed by atoms with Gasteiger partial charge in [0, 0.05) is 28.7 Å². The molecule has 0 aliphatic rings. The zero-order valence-electron chi connectivity index (χ0n) is 19.1. The second kappa shape index (κ2) is 12.7. The summed E-state index contributed by atoms with van der Waals surface area (Å²) in [6.45, 7) is 3.04. The Morgan fingerprint density at radius 1 is 0.971 bits per heavy atom. The fourth-order valence-corrected chi connectivity index (χ4v) is 5.19. The maximum Gasteiger partial charge on any atom is 0.244 e. The van der Waals surface area contributed by atoms with E-state index >= 15 is 0 Å². The summed E-state index contributed by atoms with van der Waals surface area (Å²) < 4.78 is 26.1. The van der Waals surface area contributed by atoms with E-state index in [2.05, 4.69) is 5.32 Å². The molecule has 0 saturated heterocycles. The molecule has 0 aromatic heterocycles. The van der Waals surface area contributed by atoms with Crippen molar-refractivity contribution in [2.75, 3.05) is 23.7 Å². The summed E-state index contributed by atoms with van der Waals surface area (Å²) in [4.78, 5) is 27.5. The molecule has 0 bridgehead atoms. The highest BCUT2D eigenvalue weighted by atomic mass is 35.5. The zero-order valence-corrected chi connectivity index (χ0v) is 23.7. The van der Waals surface area contributed by atoms with Crippen molar-refractivity contribution in [1.29, 1.82) is 0 Å². The number of sulfonamides is 1. The zero-order chi connectivity index (χ0) is 26.5. The van der Waals surface area contributed by atoms with Gasteiger partial charge in [0.15, 0.2) is 0 Å². The summed E-state index contributed by atoms with van der Waals surface area (Å²) in [6.07, 6.45) is 1.62. The van der Waals surface area contributed by atoms with Crippen molar-refractivity contribution >= 4 is 85.5 Å². The number of hydrogen-bond acceptors (Lipinski definition) is 4. The fraction of sp³-hybridized carbons (Fsp3) is 0.364. The predicted molar refractivity (Wildman–Crippen MR) is 143 cm³/mol. The van der Waals surface area contributed by atoms with Crippen LogP contribution in [-0.4, -0.2) is 50.5 Å². The number of nitrogens with one attached hydrogen (secondary N) is 1. The van der Waals surface area contributed by atoms with Gasteiger partial charge in [-0.05, 0) is 37.6 Å². The summed E-state index contributed by atoms with van der Waals surface area (Å²) in [5.41, 5.74) is 0.383. The van der Waals surface area contributed by atoms with Gasteiger partial charge < -0.3 is 10.2 Å². The number of nitrogens with zero attached hydrogens (tertiary/aromatic N) is 2. The maximum absolute atomic E-state index is 13.5. The Labute approximate surface area is 230 Å². The average molecular weight is 604 g/mol. The van der Waals surface area contributed by atoms with E-state index in [4.69, 9.17) is 58.0 Å². The minimum atomic E-state index is -4.00. The van der Waals surface area contributed by atoms with Crippen LogP contribution < -0.4 is 9.62 Å². The second-order valence-electron chi connectivity index (χ2n) is 7.68. The van der Waals surface area contributed by atoms with E-state index in [1.54, 1.807) is 18.2 Å². The molecule has 13 heteroatoms. The van der Waals surface area contributed by atoms with Crippen LogP contribution >= 0.6 is 58.0 Å². The molecular formula is C22H24Cl5N3O4S. The molecule has 0 aliphatic heterocycles. The highest BCUT2D eigenvalue weighted by molar-refractivity contribution is 7.92. The largest absolute Gasteiger partial charge is 0.354 e. The van der Waals surface area contributed by atoms with E-state index in [1.165, 1.54) is 24.0 Å². The van der Waals surface area contributed by atoms with Gasteiger partial charge in [-0.25, -0.2) is 8.42 Å². The summed E-state index contributed by atoms with van der Waals surface area (Å²) in [6, 6.07) is 6.43. The quantitative estimate of drug-likeness (QED) is 0.355. The van der Waals surface area contributed by atoms with Crippen molar-refractivity contribution in [3.05, 3.63) is 61.0 Å². The summed E-state index contributed by atoms with van der Waals surface area (Å²) in [5, 5.41) is 3.48. The molecular weight excluding hydrogens is 580 g/mol. The first kappa shape index (κ1) is 29.8. The second-order valence-corrected chi connectivity index (χ2v) is 11.6. The Morgan fingerprint density at radius 3 is 2.09 bits per heavy atom. The van der Waals surface area contributed by atoms with Crippen LogP contribution in [0.1, 0.15) is 25.8 Å². The first-order chi connectivity index (χ1) is 16.3. The van der Waals surface area contributed by atoms with E-state index in [0.717, 1.165) is 10.6 Å². The number of anilines is 1. The van der Waals surface area contributed by atoms with Crippen LogP contribution in [0.4, 0.5) is 5.69 Å². The molecule has 0 aliphatic carbocycles. The van der Waals surface area contributed by atoms with Crippen LogP contribution in [-0.2, 0) is 26.2 Å². The molecule has 1 unspecified atom stereocenters. The first-order valence-corrected chi connectivity index (χ1v) is 14.1. The molecule has 0 radical (unpaired) electrons. The van der Waals surface area contributed by atoms with Crippen LogP contribution in [0.15, 0.2) is 30.3 Å². The normalized spacial score (nSPS) is 12.2. The highest BCUT2D eigenvalue weighted by Gasteiger charge is 2.31. The van der Waals surface area contributed by atoms with E-state index in [-0.39, 0.29) is 27.3 Å². The molecule has 2 rings (SSSR count). The minimum absolute atomic E-state index is 0.0212. The third kappa shape index (κ3) is 7.78. The average Bonchev–Trinajstić information content (AvgIpc) is 2.77. The lowest BCUT2D eigenvalue weighted by Crippen LogP contribution is -2.51. The van der Waals surface area contributed by atoms with Gasteiger partial charge in [-0.15, -0.1) is 0 Å². The van der Waals surface area contributed by atoms with Gasteiger partial charge in [-0.1, -0.05) is 71.0 Å². The third-order valence-corrected chi connectivity index (χ3v) is 7.90. The Morgan fingerprint density at radius 2 is 1.54 bits per heavy atom. The number of carbonyl (C=O) groups is 2. The third-order valence-electron chi connectivity index (χ3n) is 5.04. The molecule has 7 nitrogen and oxygen atoms in total. The number of amides is 2. The number of carbonyl (C=O) groups excluding carboxylic acids is 2. The van der Waals surface area contributed by atoms with Gasteiger partial charge in [-0.3, -0.25) is 13.9 Å². The SMILES string of the molecule is CCCNC(=O)C(C)N(Cc1c(Cl)cccc1Cl)C(=O)CN(c1cc(Cl)c(Cl)cc1Cl)S(C)(=O)=O. The molecule has 0 fully saturated rings. The van der Waals surface area contributed by atoms with Crippen LogP contribution in [0.25, 0.3) is 0 Å². The van der Waals surface area contributed by atoms with Crippen molar-refractivity contribution in [2.24, 2.45) is 0 Å². The smallest absolute Gasteiger partial charge is 0.244 e. The topological polar surface area (TPSA) is 86.8 Å². The predicted octanol–water partition coefficient (Wildman–Crippen LogP) is 5.66. The van der Waals surface area contributed by atoms with Crippen LogP contribution in [0.2, 0.25) is 25.1 Å². The van der Waals surface area contributed by atoms with Crippen molar-refractivity contribution in [3.8, 4) is 0 Å². The van der Waals surface area contributed by atoms with Crippen LogP contribution in [0.5, 0.6) is 0 Å². The number of halogens is 5. The molecule has 2 aromatic carbocycles. The standard InChI is InChI=1S/C22H24Cl5N3O4S/c1-4-8-28-22(32)13(2)29(11-14-15(23)6-5-7-16(14)24)21(31)12-30(35(3,33)34)20-10-18(26)17(25)9-19(20)27/h5-7,9-10,13H,4,8,11-12H2,1-3H3,(H,28,32). The van der Waals surface area contributed by atoms with E-state index in [1.807, 2.05) is 6.92 Å². The van der Waals surface area contributed by atoms with Gasteiger partial charge in [0.2, 0.25) is 21.8 Å². The molecule has 1 atom stereocenters. The summed E-state index contributed by atoms with van der Waals surface area (Å²) in [7, 11) is -4.00. The molecule has 1 N–H and O–H groups in total. The van der Waals surface area contributed by atoms with Crippen LogP contribution in [0.3, 0.4) is 0 Å². The van der Waals surface area contributed by atoms with Gasteiger partial charge in [0.05, 0.1) is 27.0 Å². The van der Waals surface area contributed by atoms with Crippen molar-refractivity contribution < 1.29 is 18.0 Å². The molecule has 35 heavy (non-hydrogen) atoms. The molecule has 192 valence electrons. The Kier molecular flexibility index (Phi) is 10.8. The number of benzene rings is 2. The van der Waals surface area contributed by atoms with Crippen LogP contribution in [0, 0.1) is 0 Å². The summed E-state index contributed by atoms with van der Waals surface area (Å²) in [5.74, 6) is -1.10. The molecule has 0 heterocycles. The lowest BCUT2D eigenvalue weighted by atomic mass is 10.1. The van der Waals surface area contributed by atoms with E-state index in [9.17, 15) is 18.0 Å². The lowest BCUT2D eigenvalue weighted by Gasteiger charge is -2.32. The summed E-state index contributed by atoms with van der Waals surface area (Å²) >= 11 is 30.9. The van der Waals surface area contributed by atoms with Crippen molar-refractivity contribution in [2.45, 2.75) is 32.9 Å². The Bertz CT molecular complexity index is 1190. The van der Waals surface area contributed by atoms with E-state index < -0.39 is 34.4 Å². The molecule has 2 aromatic rings. The molecule has 0 spiro atoms. The van der Waals surface area contributed by atoms with Crippen molar-refractivity contribution in [3.63, 3.8) is 0 Å². The molecule has 2 amide bonds. The first-order valence-electron chi connectivity index (χ1n) is 10.4. The van der Waals surface area contributed by atoms with E-state index in [0.29, 0.717) is 28.6 Å². The lowest BCUT2D eigenvalue weighted by molar-refractivity contribution is -0.139. The van der Waals surface area contributed by atoms with Gasteiger partial charge >= 0.3 is 0 Å². The van der Waals surface area contributed by atoms with Gasteiger partial charge in [0.1, 0.15) is 12.6 Å². The number of hydrogen-bond donors (Lipinski definition) is 1. The Hall–Kier alpha value is -1.42. The van der Waals surface area contributed by atoms with Gasteiger partial charge in [0.25, 0.3) is 0 Å². The Balaban J connectivity index is 2.50. The molecule has 0 saturated carbocycles. The minimum Gasteiger partial charge on any atom is -0.354 e. The van der Waals surface area contributed by atoms with Gasteiger partial charge in [-0.2, -0.15) is 0 Å². The number of rotatable bonds is 10. The monoisotopic (exact) mass is 601 g/mol. The van der Waals surface area contributed by atoms with Crippen molar-refractivity contribution in [1.82, 2.24) is 10.2 Å². The fourth-order valence-electron chi connectivity index (χ4n) is 3.13. The maximum atomic E-state index is 13.5.